The van der Waals surface area contributed by atoms with Crippen LogP contribution in [0.4, 0.5) is 13.2 Å². The van der Waals surface area contributed by atoms with Crippen LogP contribution in [0, 0.1) is 11.3 Å². The van der Waals surface area contributed by atoms with Crippen LogP contribution in [-0.4, -0.2) is 13.1 Å². The number of nitrogens with zero attached hydrogens (tertiary/aromatic N) is 1. The first-order valence-corrected chi connectivity index (χ1v) is 5.08. The minimum atomic E-state index is -4.68. The lowest BCUT2D eigenvalue weighted by Gasteiger charge is -2.15. The van der Waals surface area contributed by atoms with Crippen LogP contribution in [0.2, 0.25) is 0 Å². The molecule has 0 saturated carbocycles. The van der Waals surface area contributed by atoms with E-state index >= 15 is 0 Å². The molecule has 0 saturated heterocycles. The number of hydrogen-bond donors (Lipinski definition) is 0. The van der Waals surface area contributed by atoms with Crippen LogP contribution in [0.15, 0.2) is 12.1 Å². The molecule has 0 radical (unpaired) electrons. The SMILES string of the molecule is CCc1ccc(C(=O)OC)c(C#N)c1C(F)(F)F. The molecule has 1 aromatic carbocycles. The van der Waals surface area contributed by atoms with Crippen molar-refractivity contribution in [3.8, 4) is 6.07 Å². The molecule has 0 heterocycles. The van der Waals surface area contributed by atoms with E-state index in [1.54, 1.807) is 6.92 Å². The Labute approximate surface area is 102 Å². The molecule has 0 aromatic heterocycles. The third-order valence-electron chi connectivity index (χ3n) is 2.47. The smallest absolute Gasteiger partial charge is 0.417 e. The van der Waals surface area contributed by atoms with Crippen LogP contribution in [0.25, 0.3) is 0 Å². The molecule has 96 valence electrons. The highest BCUT2D eigenvalue weighted by molar-refractivity contribution is 5.93. The Morgan fingerprint density at radius 2 is 2.06 bits per heavy atom. The van der Waals surface area contributed by atoms with Gasteiger partial charge in [-0.15, -0.1) is 0 Å². The monoisotopic (exact) mass is 257 g/mol. The summed E-state index contributed by atoms with van der Waals surface area (Å²) in [4.78, 5) is 11.3. The molecule has 0 amide bonds. The summed E-state index contributed by atoms with van der Waals surface area (Å²) in [7, 11) is 1.05. The number of nitriles is 1. The first-order chi connectivity index (χ1) is 8.36. The van der Waals surface area contributed by atoms with Crippen LogP contribution in [0.1, 0.15) is 34.0 Å². The van der Waals surface area contributed by atoms with E-state index < -0.39 is 23.3 Å². The topological polar surface area (TPSA) is 50.1 Å². The predicted molar refractivity (Wildman–Crippen MR) is 56.9 cm³/mol. The lowest BCUT2D eigenvalue weighted by atomic mass is 9.95. The highest BCUT2D eigenvalue weighted by Crippen LogP contribution is 2.36. The highest BCUT2D eigenvalue weighted by atomic mass is 19.4. The maximum Gasteiger partial charge on any atom is 0.417 e. The minimum absolute atomic E-state index is 0.0216. The van der Waals surface area contributed by atoms with E-state index in [1.807, 2.05) is 0 Å². The second kappa shape index (κ2) is 5.08. The van der Waals surface area contributed by atoms with Crippen molar-refractivity contribution >= 4 is 5.97 Å². The van der Waals surface area contributed by atoms with Crippen molar-refractivity contribution in [3.05, 3.63) is 34.4 Å². The summed E-state index contributed by atoms with van der Waals surface area (Å²) in [5.41, 5.74) is -2.14. The Morgan fingerprint density at radius 1 is 1.44 bits per heavy atom. The summed E-state index contributed by atoms with van der Waals surface area (Å²) in [6, 6.07) is 3.81. The predicted octanol–water partition coefficient (Wildman–Crippen LogP) is 2.93. The van der Waals surface area contributed by atoms with Crippen molar-refractivity contribution < 1.29 is 22.7 Å². The van der Waals surface area contributed by atoms with Crippen molar-refractivity contribution in [1.29, 1.82) is 5.26 Å². The van der Waals surface area contributed by atoms with Gasteiger partial charge in [0.15, 0.2) is 0 Å². The Kier molecular flexibility index (Phi) is 3.96. The average Bonchev–Trinajstić information content (AvgIpc) is 2.34. The van der Waals surface area contributed by atoms with E-state index in [0.717, 1.165) is 7.11 Å². The van der Waals surface area contributed by atoms with E-state index in [0.29, 0.717) is 0 Å². The number of hydrogen-bond acceptors (Lipinski definition) is 3. The first-order valence-electron chi connectivity index (χ1n) is 5.08. The van der Waals surface area contributed by atoms with Crippen molar-refractivity contribution in [1.82, 2.24) is 0 Å². The maximum absolute atomic E-state index is 12.9. The first kappa shape index (κ1) is 14.0. The van der Waals surface area contributed by atoms with Crippen LogP contribution >= 0.6 is 0 Å². The molecule has 0 aliphatic heterocycles. The summed E-state index contributed by atoms with van der Waals surface area (Å²) >= 11 is 0. The molecule has 18 heavy (non-hydrogen) atoms. The summed E-state index contributed by atoms with van der Waals surface area (Å²) in [6.45, 7) is 1.55. The quantitative estimate of drug-likeness (QED) is 0.765. The normalized spacial score (nSPS) is 10.9. The Morgan fingerprint density at radius 3 is 2.44 bits per heavy atom. The molecular weight excluding hydrogens is 247 g/mol. The molecule has 0 atom stereocenters. The van der Waals surface area contributed by atoms with Crippen LogP contribution < -0.4 is 0 Å². The summed E-state index contributed by atoms with van der Waals surface area (Å²) in [5, 5.41) is 8.87. The summed E-state index contributed by atoms with van der Waals surface area (Å²) in [6.07, 6.45) is -4.56. The van der Waals surface area contributed by atoms with Gasteiger partial charge in [0.2, 0.25) is 0 Å². The van der Waals surface area contributed by atoms with Gasteiger partial charge in [0.1, 0.15) is 6.07 Å². The van der Waals surface area contributed by atoms with Gasteiger partial charge in [-0.1, -0.05) is 13.0 Å². The van der Waals surface area contributed by atoms with Crippen molar-refractivity contribution in [2.75, 3.05) is 7.11 Å². The van der Waals surface area contributed by atoms with E-state index in [9.17, 15) is 18.0 Å². The van der Waals surface area contributed by atoms with Gasteiger partial charge in [-0.05, 0) is 18.1 Å². The average molecular weight is 257 g/mol. The lowest BCUT2D eigenvalue weighted by molar-refractivity contribution is -0.138. The van der Waals surface area contributed by atoms with Gasteiger partial charge in [0.25, 0.3) is 0 Å². The second-order valence-electron chi connectivity index (χ2n) is 3.48. The molecule has 0 fully saturated rings. The van der Waals surface area contributed by atoms with Gasteiger partial charge >= 0.3 is 12.1 Å². The zero-order valence-electron chi connectivity index (χ0n) is 9.76. The van der Waals surface area contributed by atoms with Crippen molar-refractivity contribution in [2.24, 2.45) is 0 Å². The molecule has 0 aliphatic rings. The number of aryl methyl sites for hydroxylation is 1. The van der Waals surface area contributed by atoms with Gasteiger partial charge in [-0.2, -0.15) is 18.4 Å². The Hall–Kier alpha value is -2.03. The van der Waals surface area contributed by atoms with E-state index in [1.165, 1.54) is 18.2 Å². The van der Waals surface area contributed by atoms with E-state index in [4.69, 9.17) is 5.26 Å². The number of benzene rings is 1. The number of alkyl halides is 3. The Bertz CT molecular complexity index is 515. The van der Waals surface area contributed by atoms with Crippen LogP contribution in [-0.2, 0) is 17.3 Å². The van der Waals surface area contributed by atoms with Gasteiger partial charge in [0.05, 0.1) is 23.8 Å². The van der Waals surface area contributed by atoms with Gasteiger partial charge in [-0.3, -0.25) is 0 Å². The standard InChI is InChI=1S/C12H10F3NO2/c1-3-7-4-5-8(11(17)18-2)9(6-16)10(7)12(13,14)15/h4-5H,3H2,1-2H3. The molecule has 0 N–H and O–H groups in total. The minimum Gasteiger partial charge on any atom is -0.465 e. The third-order valence-corrected chi connectivity index (χ3v) is 2.47. The molecule has 1 aromatic rings. The van der Waals surface area contributed by atoms with E-state index in [-0.39, 0.29) is 17.5 Å². The fraction of sp³-hybridized carbons (Fsp3) is 0.333. The highest BCUT2D eigenvalue weighted by Gasteiger charge is 2.37. The molecular formula is C12H10F3NO2. The second-order valence-corrected chi connectivity index (χ2v) is 3.48. The number of halogens is 3. The third kappa shape index (κ3) is 2.45. The lowest BCUT2D eigenvalue weighted by Crippen LogP contribution is -2.16. The van der Waals surface area contributed by atoms with Crippen molar-refractivity contribution in [2.45, 2.75) is 19.5 Å². The number of carbonyl (C=O) groups is 1. The fourth-order valence-electron chi connectivity index (χ4n) is 1.66. The summed E-state index contributed by atoms with van der Waals surface area (Å²) in [5.74, 6) is -0.959. The number of ether oxygens (including phenoxy) is 1. The molecule has 0 spiro atoms. The summed E-state index contributed by atoms with van der Waals surface area (Å²) < 4.78 is 43.1. The number of esters is 1. The maximum atomic E-state index is 12.9. The molecule has 0 aliphatic carbocycles. The van der Waals surface area contributed by atoms with Gasteiger partial charge in [0, 0.05) is 0 Å². The van der Waals surface area contributed by atoms with Crippen LogP contribution in [0.5, 0.6) is 0 Å². The van der Waals surface area contributed by atoms with Crippen LogP contribution in [0.3, 0.4) is 0 Å². The van der Waals surface area contributed by atoms with E-state index in [2.05, 4.69) is 4.74 Å². The van der Waals surface area contributed by atoms with Gasteiger partial charge < -0.3 is 4.74 Å². The van der Waals surface area contributed by atoms with Crippen molar-refractivity contribution in [3.63, 3.8) is 0 Å². The number of rotatable bonds is 2. The fourth-order valence-corrected chi connectivity index (χ4v) is 1.66. The molecule has 3 nitrogen and oxygen atoms in total. The molecule has 0 bridgehead atoms. The zero-order chi connectivity index (χ0) is 13.9. The molecule has 1 rings (SSSR count). The molecule has 0 unspecified atom stereocenters. The van der Waals surface area contributed by atoms with Gasteiger partial charge in [-0.25, -0.2) is 4.79 Å². The number of carbonyl (C=O) groups excluding carboxylic acids is 1. The molecule has 6 heteroatoms. The largest absolute Gasteiger partial charge is 0.465 e. The zero-order valence-corrected chi connectivity index (χ0v) is 9.76. The Balaban J connectivity index is 3.65. The number of methoxy groups -OCH3 is 1.